The number of hydrogen-bond acceptors (Lipinski definition) is 3. The van der Waals surface area contributed by atoms with E-state index < -0.39 is 11.6 Å². The van der Waals surface area contributed by atoms with Gasteiger partial charge in [-0.25, -0.2) is 0 Å². The molecule has 3 heteroatoms. The molecule has 0 bridgehead atoms. The second kappa shape index (κ2) is 6.08. The molecular weight excluding hydrogens is 262 g/mol. The lowest BCUT2D eigenvalue weighted by atomic mass is 9.92. The van der Waals surface area contributed by atoms with E-state index in [4.69, 9.17) is 0 Å². The van der Waals surface area contributed by atoms with Crippen LogP contribution in [0.3, 0.4) is 0 Å². The number of rotatable bonds is 4. The molecule has 0 atom stereocenters. The minimum absolute atomic E-state index is 0.177. The maximum atomic E-state index is 11.6. The van der Waals surface area contributed by atoms with E-state index in [9.17, 15) is 9.59 Å². The number of allylic oxidation sites excluding steroid dienone is 3. The van der Waals surface area contributed by atoms with Crippen molar-refractivity contribution in [2.45, 2.75) is 33.6 Å². The summed E-state index contributed by atoms with van der Waals surface area (Å²) >= 11 is 0. The number of nitrogens with one attached hydrogen (secondary N) is 1. The Balaban J connectivity index is 2.24. The average molecular weight is 283 g/mol. The maximum absolute atomic E-state index is 11.6. The van der Waals surface area contributed by atoms with Gasteiger partial charge in [0.2, 0.25) is 11.6 Å². The van der Waals surface area contributed by atoms with Gasteiger partial charge in [0.25, 0.3) is 0 Å². The van der Waals surface area contributed by atoms with E-state index in [0.717, 1.165) is 11.3 Å². The van der Waals surface area contributed by atoms with E-state index in [1.165, 1.54) is 17.7 Å². The summed E-state index contributed by atoms with van der Waals surface area (Å²) in [6, 6.07) is 8.13. The number of carbonyl (C=O) groups is 2. The van der Waals surface area contributed by atoms with Crippen molar-refractivity contribution in [3.63, 3.8) is 0 Å². The Hall–Kier alpha value is -2.16. The third-order valence-corrected chi connectivity index (χ3v) is 3.59. The number of ketones is 2. The van der Waals surface area contributed by atoms with Crippen LogP contribution in [0.1, 0.15) is 39.2 Å². The summed E-state index contributed by atoms with van der Waals surface area (Å²) in [4.78, 5) is 23.1. The van der Waals surface area contributed by atoms with Crippen molar-refractivity contribution in [2.24, 2.45) is 5.92 Å². The van der Waals surface area contributed by atoms with E-state index in [2.05, 4.69) is 31.3 Å². The average Bonchev–Trinajstić information content (AvgIpc) is 2.43. The van der Waals surface area contributed by atoms with E-state index >= 15 is 0 Å². The topological polar surface area (TPSA) is 46.2 Å². The second-order valence-corrected chi connectivity index (χ2v) is 5.94. The van der Waals surface area contributed by atoms with Crippen LogP contribution in [0.4, 0.5) is 5.69 Å². The van der Waals surface area contributed by atoms with Gasteiger partial charge in [0, 0.05) is 17.5 Å². The molecule has 3 nitrogen and oxygen atoms in total. The molecule has 0 aliphatic heterocycles. The summed E-state index contributed by atoms with van der Waals surface area (Å²) in [7, 11) is 0. The van der Waals surface area contributed by atoms with Gasteiger partial charge in [-0.1, -0.05) is 39.8 Å². The molecule has 0 aromatic heterocycles. The van der Waals surface area contributed by atoms with Crippen LogP contribution in [0.5, 0.6) is 0 Å². The SMILES string of the molecule is CC(C)C1=CC(=O)C(=O)C=C1Nc1ccc(C(C)C)cc1. The van der Waals surface area contributed by atoms with Crippen molar-refractivity contribution in [2.75, 3.05) is 5.32 Å². The van der Waals surface area contributed by atoms with Crippen molar-refractivity contribution < 1.29 is 9.59 Å². The molecular formula is C18H21NO2. The van der Waals surface area contributed by atoms with Gasteiger partial charge >= 0.3 is 0 Å². The van der Waals surface area contributed by atoms with Gasteiger partial charge in [0.05, 0.1) is 0 Å². The predicted molar refractivity (Wildman–Crippen MR) is 85.2 cm³/mol. The lowest BCUT2D eigenvalue weighted by molar-refractivity contribution is -0.131. The van der Waals surface area contributed by atoms with Crippen molar-refractivity contribution in [3.05, 3.63) is 53.3 Å². The molecule has 1 aromatic carbocycles. The molecule has 1 aliphatic carbocycles. The standard InChI is InChI=1S/C18H21NO2/c1-11(2)13-5-7-14(8-6-13)19-16-10-18(21)17(20)9-15(16)12(3)4/h5-12,19H,1-4H3. The summed E-state index contributed by atoms with van der Waals surface area (Å²) in [5.41, 5.74) is 3.77. The van der Waals surface area contributed by atoms with Crippen molar-refractivity contribution >= 4 is 17.3 Å². The first kappa shape index (κ1) is 15.2. The van der Waals surface area contributed by atoms with Crippen molar-refractivity contribution in [1.29, 1.82) is 0 Å². The maximum Gasteiger partial charge on any atom is 0.227 e. The van der Waals surface area contributed by atoms with Crippen LogP contribution < -0.4 is 5.32 Å². The van der Waals surface area contributed by atoms with Crippen LogP contribution in [0.15, 0.2) is 47.7 Å². The summed E-state index contributed by atoms with van der Waals surface area (Å²) in [5.74, 6) is -0.255. The zero-order valence-corrected chi connectivity index (χ0v) is 12.9. The molecule has 110 valence electrons. The van der Waals surface area contributed by atoms with Gasteiger partial charge < -0.3 is 5.32 Å². The minimum atomic E-state index is -0.472. The molecule has 0 spiro atoms. The normalized spacial score (nSPS) is 15.3. The van der Waals surface area contributed by atoms with Crippen LogP contribution in [-0.2, 0) is 9.59 Å². The van der Waals surface area contributed by atoms with Gasteiger partial charge in [0.1, 0.15) is 0 Å². The largest absolute Gasteiger partial charge is 0.355 e. The molecule has 0 saturated carbocycles. The summed E-state index contributed by atoms with van der Waals surface area (Å²) in [6.07, 6.45) is 2.84. The molecule has 21 heavy (non-hydrogen) atoms. The lowest BCUT2D eigenvalue weighted by Gasteiger charge is -2.20. The van der Waals surface area contributed by atoms with E-state index in [1.54, 1.807) is 0 Å². The molecule has 0 unspecified atom stereocenters. The molecule has 0 heterocycles. The van der Waals surface area contributed by atoms with Crippen LogP contribution >= 0.6 is 0 Å². The Morgan fingerprint density at radius 2 is 1.38 bits per heavy atom. The van der Waals surface area contributed by atoms with E-state index in [1.807, 2.05) is 26.0 Å². The number of carbonyl (C=O) groups excluding carboxylic acids is 2. The molecule has 1 aromatic rings. The van der Waals surface area contributed by atoms with Crippen molar-refractivity contribution in [1.82, 2.24) is 0 Å². The van der Waals surface area contributed by atoms with Crippen molar-refractivity contribution in [3.8, 4) is 0 Å². The smallest absolute Gasteiger partial charge is 0.227 e. The fourth-order valence-corrected chi connectivity index (χ4v) is 2.27. The first-order chi connectivity index (χ1) is 9.88. The highest BCUT2D eigenvalue weighted by molar-refractivity contribution is 6.46. The Morgan fingerprint density at radius 1 is 0.810 bits per heavy atom. The number of hydrogen-bond donors (Lipinski definition) is 1. The van der Waals surface area contributed by atoms with Gasteiger partial charge in [0.15, 0.2) is 0 Å². The van der Waals surface area contributed by atoms with Gasteiger partial charge in [-0.05, 0) is 41.2 Å². The molecule has 0 saturated heterocycles. The second-order valence-electron chi connectivity index (χ2n) is 5.94. The molecule has 0 fully saturated rings. The Labute approximate surface area is 125 Å². The summed E-state index contributed by atoms with van der Waals surface area (Å²) in [6.45, 7) is 8.31. The monoisotopic (exact) mass is 283 g/mol. The zero-order valence-electron chi connectivity index (χ0n) is 12.9. The van der Waals surface area contributed by atoms with Gasteiger partial charge in [-0.3, -0.25) is 9.59 Å². The number of anilines is 1. The Kier molecular flexibility index (Phi) is 4.41. The zero-order chi connectivity index (χ0) is 15.6. The molecule has 0 amide bonds. The van der Waals surface area contributed by atoms with Gasteiger partial charge in [-0.15, -0.1) is 0 Å². The van der Waals surface area contributed by atoms with Crippen LogP contribution in [-0.4, -0.2) is 11.6 Å². The Morgan fingerprint density at radius 3 is 1.90 bits per heavy atom. The van der Waals surface area contributed by atoms with E-state index in [0.29, 0.717) is 11.6 Å². The molecule has 1 N–H and O–H groups in total. The third kappa shape index (κ3) is 3.48. The summed E-state index contributed by atoms with van der Waals surface area (Å²) < 4.78 is 0. The van der Waals surface area contributed by atoms with Gasteiger partial charge in [-0.2, -0.15) is 0 Å². The highest BCUT2D eigenvalue weighted by atomic mass is 16.2. The fourth-order valence-electron chi connectivity index (χ4n) is 2.27. The van der Waals surface area contributed by atoms with Crippen LogP contribution in [0.25, 0.3) is 0 Å². The van der Waals surface area contributed by atoms with Crippen LogP contribution in [0, 0.1) is 5.92 Å². The lowest BCUT2D eigenvalue weighted by Crippen LogP contribution is -2.20. The highest BCUT2D eigenvalue weighted by Gasteiger charge is 2.22. The quantitative estimate of drug-likeness (QED) is 0.674. The highest BCUT2D eigenvalue weighted by Crippen LogP contribution is 2.25. The predicted octanol–water partition coefficient (Wildman–Crippen LogP) is 3.84. The fraction of sp³-hybridized carbons (Fsp3) is 0.333. The Bertz CT molecular complexity index is 619. The minimum Gasteiger partial charge on any atom is -0.355 e. The molecule has 1 aliphatic rings. The van der Waals surface area contributed by atoms with E-state index in [-0.39, 0.29) is 5.92 Å². The van der Waals surface area contributed by atoms with Crippen LogP contribution in [0.2, 0.25) is 0 Å². The molecule has 0 radical (unpaired) electrons. The first-order valence-electron chi connectivity index (χ1n) is 7.27. The third-order valence-electron chi connectivity index (χ3n) is 3.59. The molecule has 2 rings (SSSR count). The summed E-state index contributed by atoms with van der Waals surface area (Å²) in [5, 5.41) is 3.25. The number of benzene rings is 1. The first-order valence-corrected chi connectivity index (χ1v) is 7.27.